The van der Waals surface area contributed by atoms with E-state index in [2.05, 4.69) is 24.4 Å². The van der Waals surface area contributed by atoms with Crippen molar-refractivity contribution < 1.29 is 9.90 Å². The van der Waals surface area contributed by atoms with Crippen LogP contribution in [0.4, 0.5) is 10.5 Å². The quantitative estimate of drug-likeness (QED) is 0.826. The van der Waals surface area contributed by atoms with Crippen LogP contribution in [0.5, 0.6) is 0 Å². The lowest BCUT2D eigenvalue weighted by atomic mass is 9.68. The molecule has 0 aromatic heterocycles. The standard InChI is InChI=1S/C19H20N2O2/c1-19-11-12-21(18(22)23)17(19)14-9-5-6-10-15(14)20-16(19)13-7-3-2-4-8-13/h2-10,16-17,20H,11-12H2,1H3,(H,22,23). The Kier molecular flexibility index (Phi) is 3.08. The van der Waals surface area contributed by atoms with Gasteiger partial charge in [0.1, 0.15) is 0 Å². The second kappa shape index (κ2) is 5.01. The smallest absolute Gasteiger partial charge is 0.407 e. The Bertz CT molecular complexity index is 746. The van der Waals surface area contributed by atoms with E-state index in [1.54, 1.807) is 4.90 Å². The van der Waals surface area contributed by atoms with Gasteiger partial charge in [0.05, 0.1) is 12.1 Å². The monoisotopic (exact) mass is 308 g/mol. The lowest BCUT2D eigenvalue weighted by molar-refractivity contribution is 0.110. The maximum atomic E-state index is 11.8. The zero-order valence-electron chi connectivity index (χ0n) is 13.1. The molecule has 3 atom stereocenters. The second-order valence-corrected chi connectivity index (χ2v) is 6.71. The summed E-state index contributed by atoms with van der Waals surface area (Å²) in [4.78, 5) is 13.4. The third-order valence-electron chi connectivity index (χ3n) is 5.42. The van der Waals surface area contributed by atoms with Crippen molar-refractivity contribution in [2.75, 3.05) is 11.9 Å². The number of amides is 1. The van der Waals surface area contributed by atoms with E-state index in [1.807, 2.05) is 42.5 Å². The van der Waals surface area contributed by atoms with Crippen LogP contribution in [0.3, 0.4) is 0 Å². The number of likely N-dealkylation sites (tertiary alicyclic amines) is 1. The van der Waals surface area contributed by atoms with Crippen molar-refractivity contribution in [2.45, 2.75) is 25.4 Å². The molecular formula is C19H20N2O2. The number of para-hydroxylation sites is 1. The fourth-order valence-corrected chi connectivity index (χ4v) is 4.31. The average molecular weight is 308 g/mol. The molecule has 2 aliphatic heterocycles. The lowest BCUT2D eigenvalue weighted by Crippen LogP contribution is -2.43. The molecule has 4 nitrogen and oxygen atoms in total. The molecule has 3 unspecified atom stereocenters. The SMILES string of the molecule is CC12CCN(C(=O)O)C1c1ccccc1NC2c1ccccc1. The lowest BCUT2D eigenvalue weighted by Gasteiger charge is -2.46. The molecule has 2 aromatic rings. The first-order valence-electron chi connectivity index (χ1n) is 8.01. The zero-order chi connectivity index (χ0) is 16.0. The summed E-state index contributed by atoms with van der Waals surface area (Å²) in [7, 11) is 0. The summed E-state index contributed by atoms with van der Waals surface area (Å²) < 4.78 is 0. The van der Waals surface area contributed by atoms with Crippen LogP contribution in [0, 0.1) is 5.41 Å². The van der Waals surface area contributed by atoms with Crippen molar-refractivity contribution in [3.63, 3.8) is 0 Å². The van der Waals surface area contributed by atoms with Crippen LogP contribution >= 0.6 is 0 Å². The minimum Gasteiger partial charge on any atom is -0.465 e. The maximum absolute atomic E-state index is 11.8. The molecule has 1 saturated heterocycles. The summed E-state index contributed by atoms with van der Waals surface area (Å²) in [6, 6.07) is 18.4. The van der Waals surface area contributed by atoms with Crippen LogP contribution in [0.25, 0.3) is 0 Å². The molecule has 0 aliphatic carbocycles. The molecule has 0 bridgehead atoms. The van der Waals surface area contributed by atoms with E-state index in [4.69, 9.17) is 0 Å². The van der Waals surface area contributed by atoms with Gasteiger partial charge in [0, 0.05) is 17.6 Å². The van der Waals surface area contributed by atoms with Gasteiger partial charge in [-0.25, -0.2) is 4.79 Å². The molecular weight excluding hydrogens is 288 g/mol. The Morgan fingerprint density at radius 3 is 2.61 bits per heavy atom. The molecule has 1 fully saturated rings. The highest BCUT2D eigenvalue weighted by Gasteiger charge is 2.54. The van der Waals surface area contributed by atoms with Gasteiger partial charge in [0.15, 0.2) is 0 Å². The summed E-state index contributed by atoms with van der Waals surface area (Å²) in [6.45, 7) is 2.79. The average Bonchev–Trinajstić information content (AvgIpc) is 2.93. The van der Waals surface area contributed by atoms with E-state index in [0.29, 0.717) is 6.54 Å². The van der Waals surface area contributed by atoms with Crippen LogP contribution in [0.2, 0.25) is 0 Å². The molecule has 4 heteroatoms. The highest BCUT2D eigenvalue weighted by Crippen LogP contribution is 2.59. The Labute approximate surface area is 135 Å². The van der Waals surface area contributed by atoms with Crippen molar-refractivity contribution in [3.05, 3.63) is 65.7 Å². The van der Waals surface area contributed by atoms with Gasteiger partial charge in [-0.3, -0.25) is 0 Å². The predicted molar refractivity (Wildman–Crippen MR) is 89.4 cm³/mol. The van der Waals surface area contributed by atoms with E-state index in [0.717, 1.165) is 17.7 Å². The van der Waals surface area contributed by atoms with Crippen molar-refractivity contribution in [1.29, 1.82) is 0 Å². The van der Waals surface area contributed by atoms with Crippen LogP contribution in [-0.4, -0.2) is 22.6 Å². The summed E-state index contributed by atoms with van der Waals surface area (Å²) in [5.74, 6) is 0. The summed E-state index contributed by atoms with van der Waals surface area (Å²) >= 11 is 0. The van der Waals surface area contributed by atoms with Crippen molar-refractivity contribution in [3.8, 4) is 0 Å². The van der Waals surface area contributed by atoms with E-state index in [1.165, 1.54) is 5.56 Å². The number of benzene rings is 2. The highest BCUT2D eigenvalue weighted by atomic mass is 16.4. The van der Waals surface area contributed by atoms with Gasteiger partial charge in [0.2, 0.25) is 0 Å². The Morgan fingerprint density at radius 1 is 1.17 bits per heavy atom. The molecule has 0 radical (unpaired) electrons. The molecule has 2 aromatic carbocycles. The summed E-state index contributed by atoms with van der Waals surface area (Å²) in [5.41, 5.74) is 3.18. The number of nitrogens with zero attached hydrogens (tertiary/aromatic N) is 1. The molecule has 23 heavy (non-hydrogen) atoms. The third-order valence-corrected chi connectivity index (χ3v) is 5.42. The van der Waals surface area contributed by atoms with Gasteiger partial charge >= 0.3 is 6.09 Å². The van der Waals surface area contributed by atoms with Gasteiger partial charge < -0.3 is 15.3 Å². The number of hydrogen-bond acceptors (Lipinski definition) is 2. The zero-order valence-corrected chi connectivity index (χ0v) is 13.1. The van der Waals surface area contributed by atoms with E-state index < -0.39 is 6.09 Å². The van der Waals surface area contributed by atoms with E-state index >= 15 is 0 Å². The van der Waals surface area contributed by atoms with Crippen LogP contribution in [-0.2, 0) is 0 Å². The molecule has 118 valence electrons. The number of nitrogens with one attached hydrogen (secondary N) is 1. The number of anilines is 1. The second-order valence-electron chi connectivity index (χ2n) is 6.71. The molecule has 0 spiro atoms. The largest absolute Gasteiger partial charge is 0.465 e. The van der Waals surface area contributed by atoms with Crippen LogP contribution in [0.15, 0.2) is 54.6 Å². The van der Waals surface area contributed by atoms with Gasteiger partial charge in [-0.15, -0.1) is 0 Å². The van der Waals surface area contributed by atoms with Crippen molar-refractivity contribution >= 4 is 11.8 Å². The predicted octanol–water partition coefficient (Wildman–Crippen LogP) is 4.28. The number of rotatable bonds is 1. The maximum Gasteiger partial charge on any atom is 0.407 e. The molecule has 2 N–H and O–H groups in total. The molecule has 4 rings (SSSR count). The first kappa shape index (κ1) is 14.1. The summed E-state index contributed by atoms with van der Waals surface area (Å²) in [5, 5.41) is 13.3. The van der Waals surface area contributed by atoms with Crippen molar-refractivity contribution in [1.82, 2.24) is 4.90 Å². The third kappa shape index (κ3) is 2.01. The first-order chi connectivity index (χ1) is 11.1. The number of fused-ring (bicyclic) bond motifs is 3. The van der Waals surface area contributed by atoms with Gasteiger partial charge in [-0.1, -0.05) is 55.5 Å². The minimum absolute atomic E-state index is 0.105. The fourth-order valence-electron chi connectivity index (χ4n) is 4.31. The minimum atomic E-state index is -0.831. The molecule has 2 heterocycles. The van der Waals surface area contributed by atoms with Crippen LogP contribution in [0.1, 0.15) is 36.6 Å². The number of carbonyl (C=O) groups is 1. The van der Waals surface area contributed by atoms with E-state index in [-0.39, 0.29) is 17.5 Å². The van der Waals surface area contributed by atoms with Crippen LogP contribution < -0.4 is 5.32 Å². The van der Waals surface area contributed by atoms with Gasteiger partial charge in [-0.2, -0.15) is 0 Å². The topological polar surface area (TPSA) is 52.6 Å². The van der Waals surface area contributed by atoms with Gasteiger partial charge in [0.25, 0.3) is 0 Å². The van der Waals surface area contributed by atoms with E-state index in [9.17, 15) is 9.90 Å². The van der Waals surface area contributed by atoms with Gasteiger partial charge in [-0.05, 0) is 23.6 Å². The Hall–Kier alpha value is -2.49. The molecule has 2 aliphatic rings. The fraction of sp³-hybridized carbons (Fsp3) is 0.316. The normalized spacial score (nSPS) is 28.7. The first-order valence-corrected chi connectivity index (χ1v) is 8.01. The number of carboxylic acid groups (broad SMARTS) is 1. The molecule has 1 amide bonds. The summed E-state index contributed by atoms with van der Waals surface area (Å²) in [6.07, 6.45) is 0.0208. The Morgan fingerprint density at radius 2 is 1.87 bits per heavy atom. The highest BCUT2D eigenvalue weighted by molar-refractivity contribution is 5.69. The number of hydrogen-bond donors (Lipinski definition) is 2. The van der Waals surface area contributed by atoms with Crippen molar-refractivity contribution in [2.24, 2.45) is 5.41 Å². The Balaban J connectivity index is 1.88. The molecule has 0 saturated carbocycles.